The van der Waals surface area contributed by atoms with Crippen LogP contribution in [0.25, 0.3) is 0 Å². The lowest BCUT2D eigenvalue weighted by Gasteiger charge is -2.38. The van der Waals surface area contributed by atoms with Crippen molar-refractivity contribution in [3.8, 4) is 0 Å². The first kappa shape index (κ1) is 17.2. The average Bonchev–Trinajstić information content (AvgIpc) is 3.16. The van der Waals surface area contributed by atoms with E-state index in [0.717, 1.165) is 42.8 Å². The Hall–Kier alpha value is -2.25. The highest BCUT2D eigenvalue weighted by Crippen LogP contribution is 2.35. The van der Waals surface area contributed by atoms with Crippen LogP contribution in [0.4, 0.5) is 4.39 Å². The lowest BCUT2D eigenvalue weighted by molar-refractivity contribution is -0.124. The number of aromatic nitrogens is 2. The Morgan fingerprint density at radius 2 is 2.23 bits per heavy atom. The quantitative estimate of drug-likeness (QED) is 0.776. The molecule has 4 rings (SSSR count). The zero-order valence-electron chi connectivity index (χ0n) is 14.6. The van der Waals surface area contributed by atoms with Gasteiger partial charge in [-0.15, -0.1) is 0 Å². The minimum Gasteiger partial charge on any atom is -0.381 e. The van der Waals surface area contributed by atoms with Gasteiger partial charge in [0, 0.05) is 43.8 Å². The normalized spacial score (nSPS) is 21.8. The molecular formula is C19H23FN4O2. The Kier molecular flexibility index (Phi) is 4.74. The molecule has 2 aliphatic rings. The number of hydrogen-bond donors (Lipinski definition) is 3. The van der Waals surface area contributed by atoms with Crippen LogP contribution in [0.15, 0.2) is 30.6 Å². The molecule has 7 heteroatoms. The molecule has 2 aromatic rings. The number of nitrogens with one attached hydrogen (secondary N) is 3. The highest BCUT2D eigenvalue weighted by molar-refractivity contribution is 5.83. The molecule has 0 aliphatic carbocycles. The number of amides is 1. The fourth-order valence-corrected chi connectivity index (χ4v) is 3.94. The third-order valence-corrected chi connectivity index (χ3v) is 5.50. The molecule has 1 aromatic heterocycles. The SMILES string of the molecule is O=C(NCC1(c2cccc(F)c2)CCOCC1)[C@H]1NCCc2[nH]cnc21. The van der Waals surface area contributed by atoms with E-state index in [1.54, 1.807) is 18.5 Å². The van der Waals surface area contributed by atoms with Crippen LogP contribution in [0.5, 0.6) is 0 Å². The summed E-state index contributed by atoms with van der Waals surface area (Å²) in [5, 5.41) is 6.31. The summed E-state index contributed by atoms with van der Waals surface area (Å²) >= 11 is 0. The number of benzene rings is 1. The molecule has 3 N–H and O–H groups in total. The molecule has 6 nitrogen and oxygen atoms in total. The monoisotopic (exact) mass is 358 g/mol. The van der Waals surface area contributed by atoms with E-state index in [2.05, 4.69) is 20.6 Å². The van der Waals surface area contributed by atoms with Crippen molar-refractivity contribution in [3.63, 3.8) is 0 Å². The Morgan fingerprint density at radius 1 is 1.38 bits per heavy atom. The second kappa shape index (κ2) is 7.17. The van der Waals surface area contributed by atoms with Crippen LogP contribution < -0.4 is 10.6 Å². The van der Waals surface area contributed by atoms with Gasteiger partial charge in [0.2, 0.25) is 5.91 Å². The molecule has 1 saturated heterocycles. The Bertz CT molecular complexity index is 785. The van der Waals surface area contributed by atoms with Crippen molar-refractivity contribution in [2.24, 2.45) is 0 Å². The molecule has 0 unspecified atom stereocenters. The topological polar surface area (TPSA) is 79.0 Å². The summed E-state index contributed by atoms with van der Waals surface area (Å²) in [6.07, 6.45) is 3.97. The molecule has 0 saturated carbocycles. The van der Waals surface area contributed by atoms with Crippen LogP contribution in [0.2, 0.25) is 0 Å². The Labute approximate surface area is 151 Å². The molecule has 2 aliphatic heterocycles. The highest BCUT2D eigenvalue weighted by atomic mass is 19.1. The first-order chi connectivity index (χ1) is 12.7. The number of carbonyl (C=O) groups is 1. The number of hydrogen-bond acceptors (Lipinski definition) is 4. The Balaban J connectivity index is 1.52. The van der Waals surface area contributed by atoms with E-state index in [9.17, 15) is 9.18 Å². The van der Waals surface area contributed by atoms with Crippen molar-refractivity contribution in [1.82, 2.24) is 20.6 Å². The fourth-order valence-electron chi connectivity index (χ4n) is 3.94. The summed E-state index contributed by atoms with van der Waals surface area (Å²) < 4.78 is 19.3. The van der Waals surface area contributed by atoms with E-state index in [0.29, 0.717) is 19.8 Å². The van der Waals surface area contributed by atoms with Crippen molar-refractivity contribution in [2.75, 3.05) is 26.3 Å². The van der Waals surface area contributed by atoms with Crippen LogP contribution in [0.1, 0.15) is 35.8 Å². The van der Waals surface area contributed by atoms with E-state index < -0.39 is 6.04 Å². The first-order valence-corrected chi connectivity index (χ1v) is 9.05. The standard InChI is InChI=1S/C19H23FN4O2/c20-14-3-1-2-13(10-14)19(5-8-26-9-6-19)11-22-18(25)17-16-15(4-7-21-17)23-12-24-16/h1-3,10,12,17,21H,4-9,11H2,(H,22,25)(H,23,24)/t17-/m0/s1. The van der Waals surface area contributed by atoms with Gasteiger partial charge in [0.05, 0.1) is 12.0 Å². The minimum absolute atomic E-state index is 0.0969. The zero-order chi connectivity index (χ0) is 18.0. The van der Waals surface area contributed by atoms with Gasteiger partial charge < -0.3 is 20.4 Å². The summed E-state index contributed by atoms with van der Waals surface area (Å²) in [6.45, 7) is 2.40. The van der Waals surface area contributed by atoms with Crippen molar-refractivity contribution in [2.45, 2.75) is 30.7 Å². The van der Waals surface area contributed by atoms with Crippen molar-refractivity contribution in [1.29, 1.82) is 0 Å². The molecule has 3 heterocycles. The number of fused-ring (bicyclic) bond motifs is 1. The van der Waals surface area contributed by atoms with Gasteiger partial charge in [0.25, 0.3) is 0 Å². The van der Waals surface area contributed by atoms with Gasteiger partial charge in [-0.05, 0) is 30.5 Å². The molecule has 26 heavy (non-hydrogen) atoms. The molecule has 0 bridgehead atoms. The van der Waals surface area contributed by atoms with Gasteiger partial charge in [0.15, 0.2) is 0 Å². The van der Waals surface area contributed by atoms with Gasteiger partial charge in [-0.25, -0.2) is 9.37 Å². The van der Waals surface area contributed by atoms with Gasteiger partial charge in [-0.2, -0.15) is 0 Å². The minimum atomic E-state index is -0.450. The third kappa shape index (κ3) is 3.24. The number of ether oxygens (including phenoxy) is 1. The lowest BCUT2D eigenvalue weighted by atomic mass is 9.74. The molecule has 0 spiro atoms. The van der Waals surface area contributed by atoms with Crippen molar-refractivity contribution in [3.05, 3.63) is 53.4 Å². The maximum absolute atomic E-state index is 13.8. The molecular weight excluding hydrogens is 335 g/mol. The number of nitrogens with zero attached hydrogens (tertiary/aromatic N) is 1. The molecule has 138 valence electrons. The maximum Gasteiger partial charge on any atom is 0.243 e. The highest BCUT2D eigenvalue weighted by Gasteiger charge is 2.36. The van der Waals surface area contributed by atoms with E-state index in [1.165, 1.54) is 6.07 Å². The van der Waals surface area contributed by atoms with Crippen LogP contribution >= 0.6 is 0 Å². The molecule has 1 amide bonds. The summed E-state index contributed by atoms with van der Waals surface area (Å²) in [5.41, 5.74) is 2.38. The Morgan fingerprint density at radius 3 is 3.04 bits per heavy atom. The second-order valence-corrected chi connectivity index (χ2v) is 7.02. The van der Waals surface area contributed by atoms with Crippen LogP contribution in [-0.2, 0) is 21.4 Å². The molecule has 1 aromatic carbocycles. The predicted molar refractivity (Wildman–Crippen MR) is 94.2 cm³/mol. The smallest absolute Gasteiger partial charge is 0.243 e. The van der Waals surface area contributed by atoms with Crippen LogP contribution in [-0.4, -0.2) is 42.2 Å². The molecule has 0 radical (unpaired) electrons. The van der Waals surface area contributed by atoms with Crippen LogP contribution in [0.3, 0.4) is 0 Å². The van der Waals surface area contributed by atoms with E-state index >= 15 is 0 Å². The van der Waals surface area contributed by atoms with Gasteiger partial charge in [-0.3, -0.25) is 4.79 Å². The van der Waals surface area contributed by atoms with Crippen molar-refractivity contribution < 1.29 is 13.9 Å². The summed E-state index contributed by atoms with van der Waals surface area (Å²) in [7, 11) is 0. The van der Waals surface area contributed by atoms with Crippen molar-refractivity contribution >= 4 is 5.91 Å². The van der Waals surface area contributed by atoms with E-state index in [1.807, 2.05) is 6.07 Å². The summed E-state index contributed by atoms with van der Waals surface area (Å²) in [4.78, 5) is 20.2. The molecule has 1 atom stereocenters. The lowest BCUT2D eigenvalue weighted by Crippen LogP contribution is -2.48. The van der Waals surface area contributed by atoms with E-state index in [-0.39, 0.29) is 17.1 Å². The van der Waals surface area contributed by atoms with Gasteiger partial charge in [-0.1, -0.05) is 12.1 Å². The third-order valence-electron chi connectivity index (χ3n) is 5.50. The number of H-pyrrole nitrogens is 1. The number of aromatic amines is 1. The van der Waals surface area contributed by atoms with Gasteiger partial charge in [0.1, 0.15) is 11.9 Å². The second-order valence-electron chi connectivity index (χ2n) is 7.02. The fraction of sp³-hybridized carbons (Fsp3) is 0.474. The predicted octanol–water partition coefficient (Wildman–Crippen LogP) is 1.60. The summed E-state index contributed by atoms with van der Waals surface area (Å²) in [5.74, 6) is -0.352. The summed E-state index contributed by atoms with van der Waals surface area (Å²) in [6, 6.07) is 6.23. The maximum atomic E-state index is 13.8. The van der Waals surface area contributed by atoms with E-state index in [4.69, 9.17) is 4.74 Å². The number of carbonyl (C=O) groups excluding carboxylic acids is 1. The number of rotatable bonds is 4. The number of imidazole rings is 1. The average molecular weight is 358 g/mol. The van der Waals surface area contributed by atoms with Gasteiger partial charge >= 0.3 is 0 Å². The largest absolute Gasteiger partial charge is 0.381 e. The molecule has 1 fully saturated rings. The zero-order valence-corrected chi connectivity index (χ0v) is 14.6. The first-order valence-electron chi connectivity index (χ1n) is 9.05. The van der Waals surface area contributed by atoms with Crippen LogP contribution in [0, 0.1) is 5.82 Å². The number of halogens is 1.